The van der Waals surface area contributed by atoms with Gasteiger partial charge in [-0.3, -0.25) is 9.59 Å². The fourth-order valence-electron chi connectivity index (χ4n) is 2.16. The van der Waals surface area contributed by atoms with Crippen LogP contribution in [0.15, 0.2) is 0 Å². The van der Waals surface area contributed by atoms with E-state index >= 15 is 0 Å². The minimum atomic E-state index is -0.919. The maximum absolute atomic E-state index is 12.2. The molecule has 17 heavy (non-hydrogen) atoms. The highest BCUT2D eigenvalue weighted by atomic mass is 16.4. The summed E-state index contributed by atoms with van der Waals surface area (Å²) in [5, 5.41) is 12.0. The maximum Gasteiger partial charge on any atom is 0.323 e. The molecule has 5 heteroatoms. The quantitative estimate of drug-likeness (QED) is 0.694. The Bertz CT molecular complexity index is 311. The van der Waals surface area contributed by atoms with Crippen molar-refractivity contribution in [2.45, 2.75) is 19.8 Å². The molecule has 0 bridgehead atoms. The van der Waals surface area contributed by atoms with Crippen molar-refractivity contribution in [1.29, 1.82) is 0 Å². The van der Waals surface area contributed by atoms with Crippen LogP contribution in [-0.4, -0.2) is 48.1 Å². The number of nitrogens with one attached hydrogen (secondary N) is 1. The third-order valence-corrected chi connectivity index (χ3v) is 3.72. The number of hydrogen-bond donors (Lipinski definition) is 2. The van der Waals surface area contributed by atoms with Crippen LogP contribution in [0, 0.1) is 17.8 Å². The van der Waals surface area contributed by atoms with Gasteiger partial charge in [-0.15, -0.1) is 0 Å². The second-order valence-corrected chi connectivity index (χ2v) is 5.26. The van der Waals surface area contributed by atoms with E-state index in [-0.39, 0.29) is 18.4 Å². The second-order valence-electron chi connectivity index (χ2n) is 5.26. The lowest BCUT2D eigenvalue weighted by Crippen LogP contribution is -2.51. The molecule has 1 aliphatic carbocycles. The van der Waals surface area contributed by atoms with Crippen LogP contribution >= 0.6 is 0 Å². The molecule has 2 N–H and O–H groups in total. The average Bonchev–Trinajstić information content (AvgIpc) is 2.96. The first kappa shape index (κ1) is 12.4. The Balaban J connectivity index is 1.91. The normalized spacial score (nSPS) is 21.7. The molecule has 0 aromatic rings. The highest BCUT2D eigenvalue weighted by Gasteiger charge is 2.34. The summed E-state index contributed by atoms with van der Waals surface area (Å²) >= 11 is 0. The van der Waals surface area contributed by atoms with E-state index in [0.29, 0.717) is 18.4 Å². The maximum atomic E-state index is 12.2. The van der Waals surface area contributed by atoms with Gasteiger partial charge >= 0.3 is 5.97 Å². The minimum absolute atomic E-state index is 0.00537. The highest BCUT2D eigenvalue weighted by molar-refractivity contribution is 5.83. The van der Waals surface area contributed by atoms with Crippen molar-refractivity contribution in [1.82, 2.24) is 10.2 Å². The first-order chi connectivity index (χ1) is 8.08. The molecule has 1 heterocycles. The summed E-state index contributed by atoms with van der Waals surface area (Å²) in [6, 6.07) is 0. The van der Waals surface area contributed by atoms with Gasteiger partial charge < -0.3 is 15.3 Å². The van der Waals surface area contributed by atoms with Gasteiger partial charge in [-0.25, -0.2) is 0 Å². The predicted molar refractivity (Wildman–Crippen MR) is 62.5 cm³/mol. The van der Waals surface area contributed by atoms with Crippen LogP contribution in [0.5, 0.6) is 0 Å². The topological polar surface area (TPSA) is 69.6 Å². The zero-order valence-electron chi connectivity index (χ0n) is 10.2. The SMILES string of the molecule is CC(C(=O)N(CC(=O)O)CC1CC1)C1CNC1. The Kier molecular flexibility index (Phi) is 3.66. The molecule has 1 saturated heterocycles. The van der Waals surface area contributed by atoms with Crippen molar-refractivity contribution in [3.8, 4) is 0 Å². The smallest absolute Gasteiger partial charge is 0.323 e. The number of carboxylic acids is 1. The third kappa shape index (κ3) is 3.19. The van der Waals surface area contributed by atoms with Gasteiger partial charge in [-0.2, -0.15) is 0 Å². The van der Waals surface area contributed by atoms with Crippen LogP contribution in [0.3, 0.4) is 0 Å². The van der Waals surface area contributed by atoms with Gasteiger partial charge in [-0.1, -0.05) is 6.92 Å². The molecule has 2 fully saturated rings. The first-order valence-corrected chi connectivity index (χ1v) is 6.29. The monoisotopic (exact) mass is 240 g/mol. The van der Waals surface area contributed by atoms with Gasteiger partial charge in [0.25, 0.3) is 0 Å². The number of carbonyl (C=O) groups is 2. The van der Waals surface area contributed by atoms with Gasteiger partial charge in [-0.05, 0) is 37.8 Å². The summed E-state index contributed by atoms with van der Waals surface area (Å²) in [5.74, 6) is -0.0684. The van der Waals surface area contributed by atoms with E-state index in [2.05, 4.69) is 5.32 Å². The van der Waals surface area contributed by atoms with E-state index in [1.54, 1.807) is 0 Å². The number of nitrogens with zero attached hydrogens (tertiary/aromatic N) is 1. The largest absolute Gasteiger partial charge is 0.480 e. The second kappa shape index (κ2) is 5.04. The van der Waals surface area contributed by atoms with Gasteiger partial charge in [0.15, 0.2) is 0 Å². The molecule has 1 aliphatic heterocycles. The van der Waals surface area contributed by atoms with Gasteiger partial charge in [0.1, 0.15) is 6.54 Å². The van der Waals surface area contributed by atoms with Crippen molar-refractivity contribution in [2.75, 3.05) is 26.2 Å². The highest BCUT2D eigenvalue weighted by Crippen LogP contribution is 2.30. The third-order valence-electron chi connectivity index (χ3n) is 3.72. The van der Waals surface area contributed by atoms with E-state index in [1.807, 2.05) is 6.92 Å². The molecular weight excluding hydrogens is 220 g/mol. The average molecular weight is 240 g/mol. The Labute approximate surface area is 101 Å². The van der Waals surface area contributed by atoms with Crippen LogP contribution in [0.25, 0.3) is 0 Å². The van der Waals surface area contributed by atoms with Gasteiger partial charge in [0.2, 0.25) is 5.91 Å². The molecule has 2 aliphatic rings. The van der Waals surface area contributed by atoms with Crippen LogP contribution in [0.2, 0.25) is 0 Å². The Morgan fingerprint density at radius 1 is 1.41 bits per heavy atom. The van der Waals surface area contributed by atoms with Crippen LogP contribution in [0.1, 0.15) is 19.8 Å². The molecule has 2 rings (SSSR count). The first-order valence-electron chi connectivity index (χ1n) is 6.29. The summed E-state index contributed by atoms with van der Waals surface area (Å²) in [6.07, 6.45) is 2.26. The molecule has 1 atom stereocenters. The van der Waals surface area contributed by atoms with Crippen LogP contribution < -0.4 is 5.32 Å². The molecule has 0 aromatic heterocycles. The van der Waals surface area contributed by atoms with E-state index in [1.165, 1.54) is 4.90 Å². The number of carbonyl (C=O) groups excluding carboxylic acids is 1. The van der Waals surface area contributed by atoms with Crippen molar-refractivity contribution >= 4 is 11.9 Å². The Morgan fingerprint density at radius 2 is 2.06 bits per heavy atom. The molecule has 5 nitrogen and oxygen atoms in total. The number of rotatable bonds is 6. The molecule has 0 aromatic carbocycles. The molecule has 1 unspecified atom stereocenters. The number of hydrogen-bond acceptors (Lipinski definition) is 3. The Morgan fingerprint density at radius 3 is 2.47 bits per heavy atom. The minimum Gasteiger partial charge on any atom is -0.480 e. The van der Waals surface area contributed by atoms with Crippen LogP contribution in [-0.2, 0) is 9.59 Å². The van der Waals surface area contributed by atoms with E-state index in [4.69, 9.17) is 5.11 Å². The molecule has 0 radical (unpaired) electrons. The van der Waals surface area contributed by atoms with E-state index in [0.717, 1.165) is 25.9 Å². The molecule has 96 valence electrons. The molecule has 0 spiro atoms. The zero-order valence-corrected chi connectivity index (χ0v) is 10.2. The standard InChI is InChI=1S/C12H20N2O3/c1-8(10-4-13-5-10)12(17)14(7-11(15)16)6-9-2-3-9/h8-10,13H,2-7H2,1H3,(H,15,16). The van der Waals surface area contributed by atoms with Crippen molar-refractivity contribution in [2.24, 2.45) is 17.8 Å². The lowest BCUT2D eigenvalue weighted by Gasteiger charge is -2.34. The van der Waals surface area contributed by atoms with Crippen molar-refractivity contribution < 1.29 is 14.7 Å². The van der Waals surface area contributed by atoms with Crippen LogP contribution in [0.4, 0.5) is 0 Å². The molecule has 1 amide bonds. The van der Waals surface area contributed by atoms with E-state index in [9.17, 15) is 9.59 Å². The Hall–Kier alpha value is -1.10. The lowest BCUT2D eigenvalue weighted by molar-refractivity contribution is -0.147. The number of carboxylic acid groups (broad SMARTS) is 1. The van der Waals surface area contributed by atoms with Crippen molar-refractivity contribution in [3.63, 3.8) is 0 Å². The zero-order chi connectivity index (χ0) is 12.4. The van der Waals surface area contributed by atoms with Gasteiger partial charge in [0, 0.05) is 12.5 Å². The summed E-state index contributed by atoms with van der Waals surface area (Å²) in [5.41, 5.74) is 0. The summed E-state index contributed by atoms with van der Waals surface area (Å²) in [7, 11) is 0. The summed E-state index contributed by atoms with van der Waals surface area (Å²) < 4.78 is 0. The number of aliphatic carboxylic acids is 1. The fraction of sp³-hybridized carbons (Fsp3) is 0.833. The molecule has 1 saturated carbocycles. The van der Waals surface area contributed by atoms with Gasteiger partial charge in [0.05, 0.1) is 0 Å². The summed E-state index contributed by atoms with van der Waals surface area (Å²) in [6.45, 7) is 4.12. The molecular formula is C12H20N2O3. The summed E-state index contributed by atoms with van der Waals surface area (Å²) in [4.78, 5) is 24.5. The fourth-order valence-corrected chi connectivity index (χ4v) is 2.16. The number of amides is 1. The van der Waals surface area contributed by atoms with Crippen molar-refractivity contribution in [3.05, 3.63) is 0 Å². The lowest BCUT2D eigenvalue weighted by atomic mass is 9.88. The van der Waals surface area contributed by atoms with E-state index < -0.39 is 5.97 Å². The predicted octanol–water partition coefficient (Wildman–Crippen LogP) is 0.165.